The van der Waals surface area contributed by atoms with Crippen molar-refractivity contribution in [3.63, 3.8) is 0 Å². The zero-order chi connectivity index (χ0) is 34.8. The van der Waals surface area contributed by atoms with Crippen LogP contribution in [0.25, 0.3) is 0 Å². The van der Waals surface area contributed by atoms with Gasteiger partial charge in [-0.3, -0.25) is 4.79 Å². The summed E-state index contributed by atoms with van der Waals surface area (Å²) < 4.78 is 4.90. The molecule has 1 atom stereocenters. The Labute approximate surface area is 304 Å². The highest BCUT2D eigenvalue weighted by Crippen LogP contribution is 2.18. The lowest BCUT2D eigenvalue weighted by Gasteiger charge is -2.31. The van der Waals surface area contributed by atoms with Gasteiger partial charge in [-0.1, -0.05) is 72.8 Å². The first-order valence-electron chi connectivity index (χ1n) is 16.4. The summed E-state index contributed by atoms with van der Waals surface area (Å²) in [5.41, 5.74) is 3.53. The molecule has 10 nitrogen and oxygen atoms in total. The van der Waals surface area contributed by atoms with Gasteiger partial charge in [0.2, 0.25) is 0 Å². The molecular weight excluding hydrogens is 675 g/mol. The molecule has 13 heteroatoms. The third-order valence-electron chi connectivity index (χ3n) is 8.13. The number of rotatable bonds is 14. The van der Waals surface area contributed by atoms with Crippen molar-refractivity contribution in [2.24, 2.45) is 0 Å². The van der Waals surface area contributed by atoms with Crippen molar-refractivity contribution in [1.82, 2.24) is 37.2 Å². The van der Waals surface area contributed by atoms with Crippen molar-refractivity contribution < 1.29 is 14.3 Å². The van der Waals surface area contributed by atoms with E-state index >= 15 is 0 Å². The summed E-state index contributed by atoms with van der Waals surface area (Å²) in [5, 5.41) is 24.4. The van der Waals surface area contributed by atoms with E-state index in [1.807, 2.05) is 60.7 Å². The number of carbonyl (C=O) groups is 2. The number of nitrogens with one attached hydrogen (secondary N) is 7. The molecule has 0 saturated heterocycles. The number of benzene rings is 3. The Morgan fingerprint density at radius 3 is 1.67 bits per heavy atom. The lowest BCUT2D eigenvalue weighted by atomic mass is 9.91. The summed E-state index contributed by atoms with van der Waals surface area (Å²) in [4.78, 5) is 25.2. The van der Waals surface area contributed by atoms with E-state index < -0.39 is 12.0 Å². The van der Waals surface area contributed by atoms with E-state index in [1.54, 1.807) is 12.1 Å². The second-order valence-electron chi connectivity index (χ2n) is 11.8. The fourth-order valence-electron chi connectivity index (χ4n) is 5.43. The zero-order valence-electron chi connectivity index (χ0n) is 27.6. The smallest absolute Gasteiger partial charge is 0.328 e. The fourth-order valence-corrected chi connectivity index (χ4v) is 6.11. The maximum atomic E-state index is 12.9. The number of methoxy groups -OCH3 is 1. The lowest BCUT2D eigenvalue weighted by Crippen LogP contribution is -2.49. The second kappa shape index (κ2) is 20.2. The normalized spacial score (nSPS) is 15.9. The fraction of sp³-hybridized carbons (Fsp3) is 0.361. The molecule has 0 aliphatic heterocycles. The van der Waals surface area contributed by atoms with Crippen LogP contribution in [0.2, 0.25) is 0 Å². The first-order valence-corrected chi connectivity index (χ1v) is 17.7. The minimum Gasteiger partial charge on any atom is -0.467 e. The largest absolute Gasteiger partial charge is 0.467 e. The summed E-state index contributed by atoms with van der Waals surface area (Å²) >= 11 is 16.4. The number of amides is 1. The van der Waals surface area contributed by atoms with Crippen LogP contribution in [0.15, 0.2) is 84.9 Å². The van der Waals surface area contributed by atoms with Crippen LogP contribution in [-0.4, -0.2) is 65.5 Å². The van der Waals surface area contributed by atoms with E-state index in [-0.39, 0.29) is 5.91 Å². The van der Waals surface area contributed by atoms with Crippen LogP contribution < -0.4 is 37.2 Å². The molecule has 0 bridgehead atoms. The predicted molar refractivity (Wildman–Crippen MR) is 206 cm³/mol. The van der Waals surface area contributed by atoms with Crippen LogP contribution in [0.5, 0.6) is 0 Å². The van der Waals surface area contributed by atoms with Crippen LogP contribution in [-0.2, 0) is 29.0 Å². The second-order valence-corrected chi connectivity index (χ2v) is 13.0. The highest BCUT2D eigenvalue weighted by molar-refractivity contribution is 7.80. The van der Waals surface area contributed by atoms with E-state index in [0.717, 1.165) is 36.8 Å². The van der Waals surface area contributed by atoms with E-state index in [0.29, 0.717) is 65.6 Å². The van der Waals surface area contributed by atoms with Gasteiger partial charge in [0.15, 0.2) is 15.3 Å². The monoisotopic (exact) mass is 719 g/mol. The van der Waals surface area contributed by atoms with Crippen molar-refractivity contribution in [3.8, 4) is 0 Å². The van der Waals surface area contributed by atoms with Crippen LogP contribution in [0.1, 0.15) is 52.7 Å². The van der Waals surface area contributed by atoms with Gasteiger partial charge in [0.25, 0.3) is 5.91 Å². The molecule has 0 spiro atoms. The molecule has 0 aromatic heterocycles. The molecule has 3 aromatic rings. The summed E-state index contributed by atoms with van der Waals surface area (Å²) in [6.07, 6.45) is 4.42. The minimum atomic E-state index is -0.787. The number of hydrogen-bond donors (Lipinski definition) is 7. The number of ether oxygens (including phenoxy) is 1. The first kappa shape index (κ1) is 37.5. The first-order chi connectivity index (χ1) is 23.8. The van der Waals surface area contributed by atoms with Crippen LogP contribution in [0.4, 0.5) is 0 Å². The van der Waals surface area contributed by atoms with Gasteiger partial charge in [-0.05, 0) is 91.2 Å². The molecule has 49 heavy (non-hydrogen) atoms. The summed E-state index contributed by atoms with van der Waals surface area (Å²) in [7, 11) is 1.31. The molecule has 1 aliphatic rings. The Hall–Kier alpha value is -4.33. The van der Waals surface area contributed by atoms with E-state index in [9.17, 15) is 9.59 Å². The molecule has 1 amide bonds. The summed E-state index contributed by atoms with van der Waals surface area (Å²) in [5.74, 6) is -0.840. The maximum Gasteiger partial charge on any atom is 0.328 e. The number of thiocarbonyl (C=S) groups is 3. The molecule has 0 unspecified atom stereocenters. The van der Waals surface area contributed by atoms with Gasteiger partial charge in [0, 0.05) is 50.2 Å². The molecule has 4 rings (SSSR count). The van der Waals surface area contributed by atoms with E-state index in [1.165, 1.54) is 12.7 Å². The Balaban J connectivity index is 1.06. The standard InChI is InChI=1S/C36H45N7O3S3/c1-46-33(45)31(22-25-8-4-2-5-9-25)43-32(44)28-14-12-27(13-15-28)24-39-34(47)37-20-21-38-35(48)41-29-16-18-30(19-17-29)42-36(49)40-23-26-10-6-3-7-11-26/h2-15,29-31H,16-24H2,1H3,(H,43,44)(H2,37,39,47)(H2,38,41,48)(H2,40,42,49)/t29?,30?,31-/m0/s1. The van der Waals surface area contributed by atoms with Crippen LogP contribution in [0, 0.1) is 0 Å². The molecule has 3 aromatic carbocycles. The SMILES string of the molecule is COC(=O)[C@H](Cc1ccccc1)NC(=O)c1ccc(CNC(=S)NCCNC(=S)NC2CCC(NC(=S)NCc3ccccc3)CC2)cc1. The third-order valence-corrected chi connectivity index (χ3v) is 8.95. The molecule has 0 heterocycles. The number of carbonyl (C=O) groups excluding carboxylic acids is 2. The summed E-state index contributed by atoms with van der Waals surface area (Å²) in [6.45, 7) is 2.42. The van der Waals surface area contributed by atoms with E-state index in [4.69, 9.17) is 41.4 Å². The van der Waals surface area contributed by atoms with Gasteiger partial charge in [-0.2, -0.15) is 0 Å². The summed E-state index contributed by atoms with van der Waals surface area (Å²) in [6, 6.07) is 26.8. The third kappa shape index (κ3) is 13.6. The topological polar surface area (TPSA) is 128 Å². The Kier molecular flexibility index (Phi) is 15.5. The zero-order valence-corrected chi connectivity index (χ0v) is 30.1. The van der Waals surface area contributed by atoms with Crippen molar-refractivity contribution in [2.75, 3.05) is 20.2 Å². The molecule has 1 saturated carbocycles. The predicted octanol–water partition coefficient (Wildman–Crippen LogP) is 3.60. The van der Waals surface area contributed by atoms with Gasteiger partial charge in [-0.15, -0.1) is 0 Å². The number of esters is 1. The minimum absolute atomic E-state index is 0.334. The Morgan fingerprint density at radius 2 is 1.12 bits per heavy atom. The quantitative estimate of drug-likeness (QED) is 0.0748. The van der Waals surface area contributed by atoms with Gasteiger partial charge < -0.3 is 42.0 Å². The van der Waals surface area contributed by atoms with Gasteiger partial charge in [-0.25, -0.2) is 4.79 Å². The van der Waals surface area contributed by atoms with Crippen molar-refractivity contribution in [2.45, 2.75) is 63.3 Å². The van der Waals surface area contributed by atoms with Crippen molar-refractivity contribution in [3.05, 3.63) is 107 Å². The Bertz CT molecular complexity index is 1520. The molecule has 7 N–H and O–H groups in total. The lowest BCUT2D eigenvalue weighted by molar-refractivity contribution is -0.142. The maximum absolute atomic E-state index is 12.9. The van der Waals surface area contributed by atoms with Gasteiger partial charge >= 0.3 is 5.97 Å². The molecule has 260 valence electrons. The molecular formula is C36H45N7O3S3. The molecule has 1 fully saturated rings. The van der Waals surface area contributed by atoms with Crippen LogP contribution in [0.3, 0.4) is 0 Å². The average molecular weight is 720 g/mol. The van der Waals surface area contributed by atoms with Gasteiger partial charge in [0.1, 0.15) is 6.04 Å². The highest BCUT2D eigenvalue weighted by atomic mass is 32.1. The van der Waals surface area contributed by atoms with Gasteiger partial charge in [0.05, 0.1) is 7.11 Å². The highest BCUT2D eigenvalue weighted by Gasteiger charge is 2.23. The molecule has 0 radical (unpaired) electrons. The molecule has 1 aliphatic carbocycles. The van der Waals surface area contributed by atoms with E-state index in [2.05, 4.69) is 49.4 Å². The van der Waals surface area contributed by atoms with Crippen LogP contribution >= 0.6 is 36.7 Å². The number of hydrogen-bond acceptors (Lipinski definition) is 6. The Morgan fingerprint density at radius 1 is 0.653 bits per heavy atom. The van der Waals surface area contributed by atoms with Crippen molar-refractivity contribution in [1.29, 1.82) is 0 Å². The van der Waals surface area contributed by atoms with Crippen molar-refractivity contribution >= 4 is 63.9 Å². The average Bonchev–Trinajstić information content (AvgIpc) is 3.13.